The molecule has 0 aliphatic carbocycles. The molecule has 0 aliphatic heterocycles. The van der Waals surface area contributed by atoms with E-state index in [4.69, 9.17) is 15.2 Å². The third-order valence-electron chi connectivity index (χ3n) is 3.16. The second-order valence-electron chi connectivity index (χ2n) is 4.42. The molecule has 2 rings (SSSR count). The van der Waals surface area contributed by atoms with Gasteiger partial charge in [-0.3, -0.25) is 0 Å². The van der Waals surface area contributed by atoms with Crippen LogP contribution < -0.4 is 15.2 Å². The molecule has 0 amide bonds. The Bertz CT molecular complexity index is 678. The summed E-state index contributed by atoms with van der Waals surface area (Å²) in [5.74, 6) is 1.73. The molecule has 0 atom stereocenters. The zero-order valence-corrected chi connectivity index (χ0v) is 15.1. The minimum Gasteiger partial charge on any atom is -0.496 e. The molecule has 0 unspecified atom stereocenters. The number of aryl methyl sites for hydroxylation is 1. The van der Waals surface area contributed by atoms with Gasteiger partial charge < -0.3 is 15.2 Å². The Morgan fingerprint density at radius 3 is 2.33 bits per heavy atom. The highest BCUT2D eigenvalue weighted by molar-refractivity contribution is 9.11. The molecule has 1 aromatic heterocycles. The summed E-state index contributed by atoms with van der Waals surface area (Å²) in [6, 6.07) is 3.62. The number of benzene rings is 1. The Kier molecular flexibility index (Phi) is 5.18. The van der Waals surface area contributed by atoms with Gasteiger partial charge in [0.1, 0.15) is 11.5 Å². The van der Waals surface area contributed by atoms with Crippen LogP contribution in [0.4, 0.5) is 0 Å². The fourth-order valence-electron chi connectivity index (χ4n) is 1.81. The van der Waals surface area contributed by atoms with Crippen molar-refractivity contribution in [1.82, 2.24) is 10.2 Å². The zero-order valence-electron chi connectivity index (χ0n) is 11.9. The predicted octanol–water partition coefficient (Wildman–Crippen LogP) is 3.88. The van der Waals surface area contributed by atoms with Crippen molar-refractivity contribution >= 4 is 31.9 Å². The number of hydrogen-bond acceptors (Lipinski definition) is 5. The van der Waals surface area contributed by atoms with Gasteiger partial charge in [-0.2, -0.15) is 5.10 Å². The third-order valence-corrected chi connectivity index (χ3v) is 4.40. The molecule has 7 heteroatoms. The van der Waals surface area contributed by atoms with E-state index in [2.05, 4.69) is 42.1 Å². The first-order valence-corrected chi connectivity index (χ1v) is 7.80. The highest BCUT2D eigenvalue weighted by atomic mass is 79.9. The van der Waals surface area contributed by atoms with Gasteiger partial charge in [0.2, 0.25) is 5.88 Å². The van der Waals surface area contributed by atoms with Crippen LogP contribution in [0.25, 0.3) is 0 Å². The number of nitrogens with two attached hydrogens (primary N) is 1. The molecule has 0 spiro atoms. The maximum Gasteiger partial charge on any atom is 0.243 e. The van der Waals surface area contributed by atoms with E-state index in [-0.39, 0.29) is 0 Å². The van der Waals surface area contributed by atoms with E-state index in [1.807, 2.05) is 19.9 Å². The molecule has 5 nitrogen and oxygen atoms in total. The Morgan fingerprint density at radius 2 is 1.71 bits per heavy atom. The maximum absolute atomic E-state index is 5.86. The minimum atomic E-state index is 0.340. The van der Waals surface area contributed by atoms with E-state index in [0.29, 0.717) is 23.9 Å². The lowest BCUT2D eigenvalue weighted by Gasteiger charge is -2.14. The Labute approximate surface area is 140 Å². The average Bonchev–Trinajstić information content (AvgIpc) is 2.46. The summed E-state index contributed by atoms with van der Waals surface area (Å²) in [5, 5.41) is 8.19. The zero-order chi connectivity index (χ0) is 15.6. The average molecular weight is 417 g/mol. The number of nitrogens with zero attached hydrogens (tertiary/aromatic N) is 2. The Hall–Kier alpha value is -1.18. The third kappa shape index (κ3) is 3.36. The van der Waals surface area contributed by atoms with Crippen LogP contribution in [0, 0.1) is 13.8 Å². The van der Waals surface area contributed by atoms with E-state index in [0.717, 1.165) is 25.8 Å². The first-order chi connectivity index (χ1) is 9.97. The molecule has 1 aromatic carbocycles. The summed E-state index contributed by atoms with van der Waals surface area (Å²) in [6.07, 6.45) is 0. The summed E-state index contributed by atoms with van der Waals surface area (Å²) < 4.78 is 12.6. The van der Waals surface area contributed by atoms with E-state index >= 15 is 0 Å². The smallest absolute Gasteiger partial charge is 0.243 e. The van der Waals surface area contributed by atoms with Crippen molar-refractivity contribution in [2.24, 2.45) is 5.73 Å². The maximum atomic E-state index is 5.86. The lowest BCUT2D eigenvalue weighted by atomic mass is 10.1. The van der Waals surface area contributed by atoms with Gasteiger partial charge in [-0.15, -0.1) is 5.10 Å². The highest BCUT2D eigenvalue weighted by Crippen LogP contribution is 2.38. The molecule has 21 heavy (non-hydrogen) atoms. The standard InChI is InChI=1S/C14H15Br2N3O2/c1-7-8(2)18-19-14(9(7)6-17)21-13-5-10(15)12(20-3)4-11(13)16/h4-5H,6,17H2,1-3H3. The van der Waals surface area contributed by atoms with Gasteiger partial charge in [0.05, 0.1) is 21.7 Å². The number of halogens is 2. The monoisotopic (exact) mass is 415 g/mol. The molecule has 2 N–H and O–H groups in total. The highest BCUT2D eigenvalue weighted by Gasteiger charge is 2.15. The van der Waals surface area contributed by atoms with Crippen LogP contribution in [0.15, 0.2) is 21.1 Å². The van der Waals surface area contributed by atoms with Crippen molar-refractivity contribution in [3.05, 3.63) is 37.9 Å². The van der Waals surface area contributed by atoms with E-state index in [9.17, 15) is 0 Å². The van der Waals surface area contributed by atoms with Gasteiger partial charge in [0.25, 0.3) is 0 Å². The number of ether oxygens (including phenoxy) is 2. The van der Waals surface area contributed by atoms with Crippen molar-refractivity contribution in [3.63, 3.8) is 0 Å². The number of methoxy groups -OCH3 is 1. The second-order valence-corrected chi connectivity index (χ2v) is 6.13. The van der Waals surface area contributed by atoms with Crippen molar-refractivity contribution < 1.29 is 9.47 Å². The molecule has 0 aliphatic rings. The van der Waals surface area contributed by atoms with Gasteiger partial charge in [-0.25, -0.2) is 0 Å². The van der Waals surface area contributed by atoms with Crippen LogP contribution in [-0.2, 0) is 6.54 Å². The fraction of sp³-hybridized carbons (Fsp3) is 0.286. The van der Waals surface area contributed by atoms with E-state index < -0.39 is 0 Å². The molecular formula is C14H15Br2N3O2. The molecule has 0 saturated heterocycles. The lowest BCUT2D eigenvalue weighted by molar-refractivity contribution is 0.407. The molecule has 112 valence electrons. The summed E-state index contributed by atoms with van der Waals surface area (Å²) in [7, 11) is 1.61. The van der Waals surface area contributed by atoms with Crippen LogP contribution in [0.5, 0.6) is 17.4 Å². The topological polar surface area (TPSA) is 70.3 Å². The summed E-state index contributed by atoms with van der Waals surface area (Å²) in [6.45, 7) is 4.19. The van der Waals surface area contributed by atoms with Crippen molar-refractivity contribution in [2.45, 2.75) is 20.4 Å². The summed E-state index contributed by atoms with van der Waals surface area (Å²) in [5.41, 5.74) is 8.48. The molecule has 0 bridgehead atoms. The van der Waals surface area contributed by atoms with Crippen LogP contribution in [0.3, 0.4) is 0 Å². The Balaban J connectivity index is 2.43. The molecule has 0 fully saturated rings. The van der Waals surface area contributed by atoms with Crippen LogP contribution in [0.1, 0.15) is 16.8 Å². The second kappa shape index (κ2) is 6.72. The van der Waals surface area contributed by atoms with Crippen LogP contribution >= 0.6 is 31.9 Å². The first-order valence-electron chi connectivity index (χ1n) is 6.21. The number of rotatable bonds is 4. The summed E-state index contributed by atoms with van der Waals surface area (Å²) in [4.78, 5) is 0. The predicted molar refractivity (Wildman–Crippen MR) is 87.9 cm³/mol. The van der Waals surface area contributed by atoms with Gasteiger partial charge in [0.15, 0.2) is 0 Å². The normalized spacial score (nSPS) is 10.6. The van der Waals surface area contributed by atoms with Crippen molar-refractivity contribution in [1.29, 1.82) is 0 Å². The minimum absolute atomic E-state index is 0.340. The van der Waals surface area contributed by atoms with E-state index in [1.54, 1.807) is 13.2 Å². The van der Waals surface area contributed by atoms with Gasteiger partial charge in [-0.05, 0) is 63.4 Å². The molecule has 2 aromatic rings. The van der Waals surface area contributed by atoms with Gasteiger partial charge in [0, 0.05) is 12.1 Å². The number of aromatic nitrogens is 2. The van der Waals surface area contributed by atoms with E-state index in [1.165, 1.54) is 0 Å². The fourth-order valence-corrected chi connectivity index (χ4v) is 2.69. The van der Waals surface area contributed by atoms with Crippen LogP contribution in [-0.4, -0.2) is 17.3 Å². The first kappa shape index (κ1) is 16.2. The SMILES string of the molecule is COc1cc(Br)c(Oc2nnc(C)c(C)c2CN)cc1Br. The number of hydrogen-bond donors (Lipinski definition) is 1. The van der Waals surface area contributed by atoms with Gasteiger partial charge in [-0.1, -0.05) is 0 Å². The Morgan fingerprint density at radius 1 is 1.10 bits per heavy atom. The quantitative estimate of drug-likeness (QED) is 0.818. The molecule has 1 heterocycles. The molecule has 0 radical (unpaired) electrons. The molecular weight excluding hydrogens is 402 g/mol. The largest absolute Gasteiger partial charge is 0.496 e. The van der Waals surface area contributed by atoms with Gasteiger partial charge >= 0.3 is 0 Å². The summed E-state index contributed by atoms with van der Waals surface area (Å²) >= 11 is 6.88. The van der Waals surface area contributed by atoms with Crippen molar-refractivity contribution in [3.8, 4) is 17.4 Å². The lowest BCUT2D eigenvalue weighted by Crippen LogP contribution is -2.07. The van der Waals surface area contributed by atoms with Crippen molar-refractivity contribution in [2.75, 3.05) is 7.11 Å². The molecule has 0 saturated carbocycles. The van der Waals surface area contributed by atoms with Crippen LogP contribution in [0.2, 0.25) is 0 Å².